The van der Waals surface area contributed by atoms with Gasteiger partial charge in [0.25, 0.3) is 5.56 Å². The van der Waals surface area contributed by atoms with Crippen LogP contribution in [0.3, 0.4) is 0 Å². The first-order chi connectivity index (χ1) is 11.5. The van der Waals surface area contributed by atoms with E-state index < -0.39 is 0 Å². The highest BCUT2D eigenvalue weighted by molar-refractivity contribution is 6.30. The molecule has 3 aromatic rings. The van der Waals surface area contributed by atoms with Crippen LogP contribution in [0, 0.1) is 20.8 Å². The number of nitrogens with zero attached hydrogens (tertiary/aromatic N) is 2. The van der Waals surface area contributed by atoms with Crippen molar-refractivity contribution < 1.29 is 0 Å². The summed E-state index contributed by atoms with van der Waals surface area (Å²) in [6, 6.07) is 13.2. The lowest BCUT2D eigenvalue weighted by Crippen LogP contribution is -2.17. The number of aliphatic imine (C=N–C) groups is 1. The van der Waals surface area contributed by atoms with E-state index in [4.69, 9.17) is 11.6 Å². The molecular weight excluding hydrogens is 322 g/mol. The molecule has 0 bridgehead atoms. The Kier molecular flexibility index (Phi) is 4.40. The first-order valence-corrected chi connectivity index (χ1v) is 8.03. The largest absolute Gasteiger partial charge is 0.295 e. The number of hydrogen-bond donors (Lipinski definition) is 1. The van der Waals surface area contributed by atoms with Gasteiger partial charge in [0.05, 0.1) is 16.9 Å². The number of nitrogens with one attached hydrogen (secondary N) is 1. The van der Waals surface area contributed by atoms with E-state index >= 15 is 0 Å². The van der Waals surface area contributed by atoms with Gasteiger partial charge < -0.3 is 0 Å². The Morgan fingerprint density at radius 3 is 2.42 bits per heavy atom. The number of H-pyrrole nitrogens is 1. The van der Waals surface area contributed by atoms with Crippen molar-refractivity contribution in [3.05, 3.63) is 80.2 Å². The molecule has 4 nitrogen and oxygen atoms in total. The second kappa shape index (κ2) is 6.49. The van der Waals surface area contributed by atoms with Crippen LogP contribution in [0.25, 0.3) is 5.69 Å². The van der Waals surface area contributed by atoms with Crippen molar-refractivity contribution in [1.29, 1.82) is 0 Å². The van der Waals surface area contributed by atoms with Crippen molar-refractivity contribution in [1.82, 2.24) is 9.78 Å². The van der Waals surface area contributed by atoms with Crippen LogP contribution in [0.15, 0.2) is 52.3 Å². The smallest absolute Gasteiger partial charge is 0.280 e. The molecule has 0 saturated heterocycles. The van der Waals surface area contributed by atoms with E-state index in [1.54, 1.807) is 18.3 Å². The Morgan fingerprint density at radius 2 is 1.75 bits per heavy atom. The lowest BCUT2D eigenvalue weighted by Gasteiger charge is -2.03. The number of aryl methyl sites for hydroxylation is 3. The van der Waals surface area contributed by atoms with Crippen molar-refractivity contribution in [3.8, 4) is 5.69 Å². The molecule has 0 aliphatic rings. The molecule has 24 heavy (non-hydrogen) atoms. The average Bonchev–Trinajstić information content (AvgIpc) is 2.82. The molecule has 0 spiro atoms. The van der Waals surface area contributed by atoms with Gasteiger partial charge in [-0.1, -0.05) is 35.9 Å². The normalized spacial score (nSPS) is 11.3. The summed E-state index contributed by atoms with van der Waals surface area (Å²) in [6.07, 6.45) is 1.63. The molecule has 2 aromatic carbocycles. The molecule has 1 N–H and O–H groups in total. The third-order valence-corrected chi connectivity index (χ3v) is 4.18. The Balaban J connectivity index is 2.05. The van der Waals surface area contributed by atoms with Gasteiger partial charge in [0.1, 0.15) is 0 Å². The van der Waals surface area contributed by atoms with E-state index in [0.717, 1.165) is 22.5 Å². The monoisotopic (exact) mass is 339 g/mol. The van der Waals surface area contributed by atoms with Crippen molar-refractivity contribution in [3.63, 3.8) is 0 Å². The lowest BCUT2D eigenvalue weighted by atomic mass is 10.1. The third-order valence-electron chi connectivity index (χ3n) is 3.95. The maximum absolute atomic E-state index is 12.7. The first-order valence-electron chi connectivity index (χ1n) is 7.65. The van der Waals surface area contributed by atoms with Crippen molar-refractivity contribution in [2.45, 2.75) is 20.8 Å². The fourth-order valence-corrected chi connectivity index (χ4v) is 2.83. The highest BCUT2D eigenvalue weighted by Crippen LogP contribution is 2.22. The summed E-state index contributed by atoms with van der Waals surface area (Å²) in [4.78, 5) is 17.2. The maximum atomic E-state index is 12.7. The molecule has 122 valence electrons. The molecule has 5 heteroatoms. The van der Waals surface area contributed by atoms with Crippen LogP contribution in [0.2, 0.25) is 5.02 Å². The number of hydrogen-bond acceptors (Lipinski definition) is 2. The molecule has 0 unspecified atom stereocenters. The second-order valence-corrected chi connectivity index (χ2v) is 6.21. The minimum atomic E-state index is -0.148. The molecule has 0 aliphatic carbocycles. The van der Waals surface area contributed by atoms with Crippen LogP contribution in [0.1, 0.15) is 22.4 Å². The van der Waals surface area contributed by atoms with Crippen LogP contribution in [0.5, 0.6) is 0 Å². The van der Waals surface area contributed by atoms with Crippen LogP contribution >= 0.6 is 11.6 Å². The SMILES string of the molecule is Cc1cccc(C)c1N=Cc1c(C)[nH]n(-c2cccc(Cl)c2)c1=O. The summed E-state index contributed by atoms with van der Waals surface area (Å²) in [7, 11) is 0. The van der Waals surface area contributed by atoms with Gasteiger partial charge >= 0.3 is 0 Å². The van der Waals surface area contributed by atoms with Gasteiger partial charge in [0.2, 0.25) is 0 Å². The molecule has 0 fully saturated rings. The van der Waals surface area contributed by atoms with Gasteiger partial charge in [-0.3, -0.25) is 14.9 Å². The maximum Gasteiger partial charge on any atom is 0.280 e. The predicted molar refractivity (Wildman–Crippen MR) is 99.3 cm³/mol. The summed E-state index contributed by atoms with van der Waals surface area (Å²) < 4.78 is 1.48. The standard InChI is InChI=1S/C19H18ClN3O/c1-12-6-4-7-13(2)18(12)21-11-17-14(3)22-23(19(17)24)16-9-5-8-15(20)10-16/h4-11,22H,1-3H3. The van der Waals surface area contributed by atoms with E-state index in [0.29, 0.717) is 16.3 Å². The molecule has 1 heterocycles. The fourth-order valence-electron chi connectivity index (χ4n) is 2.65. The Hall–Kier alpha value is -2.59. The zero-order valence-electron chi connectivity index (χ0n) is 13.8. The number of rotatable bonds is 3. The average molecular weight is 340 g/mol. The molecule has 0 amide bonds. The van der Waals surface area contributed by atoms with Crippen LogP contribution in [0.4, 0.5) is 5.69 Å². The number of para-hydroxylation sites is 1. The number of aromatic nitrogens is 2. The lowest BCUT2D eigenvalue weighted by molar-refractivity contribution is 0.835. The second-order valence-electron chi connectivity index (χ2n) is 5.77. The number of benzene rings is 2. The Bertz CT molecular complexity index is 962. The first kappa shape index (κ1) is 16.3. The number of halogens is 1. The molecule has 0 atom stereocenters. The summed E-state index contributed by atoms with van der Waals surface area (Å²) in [5.41, 5.74) is 4.90. The highest BCUT2D eigenvalue weighted by Gasteiger charge is 2.11. The zero-order chi connectivity index (χ0) is 17.3. The van der Waals surface area contributed by atoms with Gasteiger partial charge in [0.15, 0.2) is 0 Å². The summed E-state index contributed by atoms with van der Waals surface area (Å²) in [5, 5.41) is 3.66. The minimum absolute atomic E-state index is 0.148. The Morgan fingerprint density at radius 1 is 1.08 bits per heavy atom. The van der Waals surface area contributed by atoms with Crippen LogP contribution < -0.4 is 5.56 Å². The summed E-state index contributed by atoms with van der Waals surface area (Å²) in [5.74, 6) is 0. The molecule has 0 saturated carbocycles. The van der Waals surface area contributed by atoms with Crippen LogP contribution in [-0.4, -0.2) is 16.0 Å². The highest BCUT2D eigenvalue weighted by atomic mass is 35.5. The van der Waals surface area contributed by atoms with E-state index in [-0.39, 0.29) is 5.56 Å². The molecule has 1 aromatic heterocycles. The van der Waals surface area contributed by atoms with Gasteiger partial charge in [-0.2, -0.15) is 0 Å². The molecular formula is C19H18ClN3O. The quantitative estimate of drug-likeness (QED) is 0.702. The van der Waals surface area contributed by atoms with Crippen molar-refractivity contribution in [2.75, 3.05) is 0 Å². The van der Waals surface area contributed by atoms with Crippen LogP contribution in [-0.2, 0) is 0 Å². The van der Waals surface area contributed by atoms with Gasteiger partial charge in [-0.25, -0.2) is 4.68 Å². The van der Waals surface area contributed by atoms with E-state index in [1.807, 2.05) is 51.1 Å². The van der Waals surface area contributed by atoms with Crippen molar-refractivity contribution >= 4 is 23.5 Å². The summed E-state index contributed by atoms with van der Waals surface area (Å²) >= 11 is 6.01. The minimum Gasteiger partial charge on any atom is -0.295 e. The predicted octanol–water partition coefficient (Wildman–Crippen LogP) is 4.49. The topological polar surface area (TPSA) is 50.1 Å². The van der Waals surface area contributed by atoms with Crippen molar-refractivity contribution in [2.24, 2.45) is 4.99 Å². The number of aromatic amines is 1. The Labute approximate surface area is 145 Å². The molecule has 0 radical (unpaired) electrons. The molecule has 0 aliphatic heterocycles. The van der Waals surface area contributed by atoms with Gasteiger partial charge in [0, 0.05) is 16.9 Å². The van der Waals surface area contributed by atoms with E-state index in [2.05, 4.69) is 10.1 Å². The zero-order valence-corrected chi connectivity index (χ0v) is 14.6. The van der Waals surface area contributed by atoms with E-state index in [1.165, 1.54) is 4.68 Å². The van der Waals surface area contributed by atoms with E-state index in [9.17, 15) is 4.79 Å². The van der Waals surface area contributed by atoms with Gasteiger partial charge in [-0.05, 0) is 50.1 Å². The van der Waals surface area contributed by atoms with Gasteiger partial charge in [-0.15, -0.1) is 0 Å². The molecule has 3 rings (SSSR count). The third kappa shape index (κ3) is 3.05. The fraction of sp³-hybridized carbons (Fsp3) is 0.158. The summed E-state index contributed by atoms with van der Waals surface area (Å²) in [6.45, 7) is 5.87.